The van der Waals surface area contributed by atoms with Crippen LogP contribution < -0.4 is 0 Å². The summed E-state index contributed by atoms with van der Waals surface area (Å²) in [6, 6.07) is 0. The fourth-order valence-corrected chi connectivity index (χ4v) is 2.71. The first-order valence-corrected chi connectivity index (χ1v) is 9.16. The predicted molar refractivity (Wildman–Crippen MR) is 48.1 cm³/mol. The number of rotatable bonds is 6. The second-order valence-electron chi connectivity index (χ2n) is 3.19. The number of hydrogen-bond donors (Lipinski definition) is 1. The molecule has 0 bridgehead atoms. The van der Waals surface area contributed by atoms with Crippen LogP contribution in [0, 0.1) is 0 Å². The second kappa shape index (κ2) is 5.90. The van der Waals surface area contributed by atoms with Crippen LogP contribution in [-0.4, -0.2) is 17.9 Å². The molecule has 0 heterocycles. The maximum atomic E-state index is 10.9. The molecule has 0 aromatic heterocycles. The van der Waals surface area contributed by atoms with Crippen LogP contribution in [-0.2, 0) is 3.74 Å². The van der Waals surface area contributed by atoms with Crippen molar-refractivity contribution in [1.82, 2.24) is 0 Å². The predicted octanol–water partition coefficient (Wildman–Crippen LogP) is 2.45. The van der Waals surface area contributed by atoms with Crippen molar-refractivity contribution in [2.45, 2.75) is 49.9 Å². The molecule has 0 aromatic carbocycles. The van der Waals surface area contributed by atoms with Crippen molar-refractivity contribution < 1.29 is 7.84 Å². The Kier molecular flexibility index (Phi) is 6.08. The Labute approximate surface area is 72.0 Å². The molecule has 0 aliphatic carbocycles. The van der Waals surface area contributed by atoms with Gasteiger partial charge >= 0.3 is 71.6 Å². The molecule has 0 radical (unpaired) electrons. The Morgan fingerprint density at radius 3 is 2.18 bits per heavy atom. The molecule has 11 heavy (non-hydrogen) atoms. The average molecular weight is 222 g/mol. The molecule has 0 aromatic rings. The van der Waals surface area contributed by atoms with Crippen molar-refractivity contribution in [3.63, 3.8) is 0 Å². The molecule has 1 unspecified atom stereocenters. The van der Waals surface area contributed by atoms with Gasteiger partial charge in [0.1, 0.15) is 0 Å². The van der Waals surface area contributed by atoms with Crippen molar-refractivity contribution in [1.29, 1.82) is 0 Å². The van der Waals surface area contributed by atoms with Crippen molar-refractivity contribution in [2.75, 3.05) is 0 Å². The third-order valence-corrected chi connectivity index (χ3v) is 4.08. The first-order chi connectivity index (χ1) is 5.06. The van der Waals surface area contributed by atoms with Crippen molar-refractivity contribution in [2.24, 2.45) is 0 Å². The third kappa shape index (κ3) is 10.3. The van der Waals surface area contributed by atoms with Gasteiger partial charge in [0, 0.05) is 0 Å². The summed E-state index contributed by atoms with van der Waals surface area (Å²) in [4.78, 5) is 0. The van der Waals surface area contributed by atoms with E-state index >= 15 is 0 Å². The summed E-state index contributed by atoms with van der Waals surface area (Å²) in [5.74, 6) is 0. The summed E-state index contributed by atoms with van der Waals surface area (Å²) in [7, 11) is 0. The van der Waals surface area contributed by atoms with E-state index in [2.05, 4.69) is 6.92 Å². The van der Waals surface area contributed by atoms with E-state index in [0.717, 1.165) is 12.8 Å². The molecule has 0 saturated carbocycles. The van der Waals surface area contributed by atoms with Gasteiger partial charge in [0.25, 0.3) is 0 Å². The van der Waals surface area contributed by atoms with Crippen LogP contribution in [0.4, 0.5) is 0 Å². The zero-order valence-corrected chi connectivity index (χ0v) is 9.42. The van der Waals surface area contributed by atoms with E-state index in [-0.39, 0.29) is 0 Å². The zero-order chi connectivity index (χ0) is 8.74. The summed E-state index contributed by atoms with van der Waals surface area (Å²) in [5, 5.41) is 0.558. The summed E-state index contributed by atoms with van der Waals surface area (Å²) < 4.78 is 19.9. The van der Waals surface area contributed by atoms with E-state index in [4.69, 9.17) is 4.10 Å². The van der Waals surface area contributed by atoms with Gasteiger partial charge in [-0.15, -0.1) is 0 Å². The normalized spacial score (nSPS) is 16.3. The molecule has 1 N–H and O–H groups in total. The molecule has 68 valence electrons. The molecule has 0 aliphatic rings. The van der Waals surface area contributed by atoms with E-state index in [1.807, 2.05) is 0 Å². The summed E-state index contributed by atoms with van der Waals surface area (Å²) in [5.41, 5.74) is 1.50. The van der Waals surface area contributed by atoms with Gasteiger partial charge in [-0.1, -0.05) is 0 Å². The van der Waals surface area contributed by atoms with Crippen molar-refractivity contribution >= 4 is 13.8 Å². The molecule has 0 spiro atoms. The van der Waals surface area contributed by atoms with Crippen LogP contribution in [0.2, 0.25) is 10.9 Å². The first-order valence-electron chi connectivity index (χ1n) is 4.35. The molecular formula is C8H19AsO2. The van der Waals surface area contributed by atoms with Gasteiger partial charge < -0.3 is 0 Å². The Morgan fingerprint density at radius 1 is 1.18 bits per heavy atom. The Balaban J connectivity index is 3.09. The zero-order valence-electron chi connectivity index (χ0n) is 7.55. The van der Waals surface area contributed by atoms with Crippen molar-refractivity contribution in [3.8, 4) is 0 Å². The summed E-state index contributed by atoms with van der Waals surface area (Å²) in [6.07, 6.45) is 5.75. The topological polar surface area (TPSA) is 37.3 Å². The Bertz CT molecular complexity index is 128. The van der Waals surface area contributed by atoms with Crippen LogP contribution in [0.5, 0.6) is 0 Å². The minimum atomic E-state index is -3.27. The molecule has 0 aliphatic heterocycles. The van der Waals surface area contributed by atoms with E-state index in [9.17, 15) is 3.74 Å². The first kappa shape index (κ1) is 11.3. The number of hydrogen-bond acceptors (Lipinski definition) is 1. The minimum absolute atomic E-state index is 0.558. The van der Waals surface area contributed by atoms with Gasteiger partial charge in [-0.05, 0) is 0 Å². The Morgan fingerprint density at radius 2 is 1.73 bits per heavy atom. The van der Waals surface area contributed by atoms with Crippen LogP contribution in [0.1, 0.15) is 39.0 Å². The van der Waals surface area contributed by atoms with Gasteiger partial charge in [-0.2, -0.15) is 0 Å². The maximum absolute atomic E-state index is 10.9. The molecular weight excluding hydrogens is 203 g/mol. The molecule has 1 atom stereocenters. The Hall–Kier alpha value is 0.318. The van der Waals surface area contributed by atoms with Crippen LogP contribution in [0.25, 0.3) is 0 Å². The van der Waals surface area contributed by atoms with Gasteiger partial charge in [-0.3, -0.25) is 0 Å². The average Bonchev–Trinajstić information content (AvgIpc) is 1.85. The van der Waals surface area contributed by atoms with E-state index in [1.54, 1.807) is 0 Å². The number of unbranched alkanes of at least 4 members (excludes halogenated alkanes) is 4. The van der Waals surface area contributed by atoms with E-state index in [1.165, 1.54) is 25.0 Å². The van der Waals surface area contributed by atoms with Crippen LogP contribution >= 0.6 is 0 Å². The molecule has 0 saturated heterocycles. The fraction of sp³-hybridized carbons (Fsp3) is 1.00. The van der Waals surface area contributed by atoms with Gasteiger partial charge in [0.2, 0.25) is 0 Å². The molecule has 3 heteroatoms. The van der Waals surface area contributed by atoms with Crippen LogP contribution in [0.3, 0.4) is 0 Å². The van der Waals surface area contributed by atoms with Gasteiger partial charge in [0.15, 0.2) is 0 Å². The fourth-order valence-electron chi connectivity index (χ4n) is 1.01. The molecule has 2 nitrogen and oxygen atoms in total. The summed E-state index contributed by atoms with van der Waals surface area (Å²) in [6.45, 7) is 2.17. The monoisotopic (exact) mass is 222 g/mol. The van der Waals surface area contributed by atoms with Gasteiger partial charge in [0.05, 0.1) is 0 Å². The standard InChI is InChI=1S/C8H19AsO2/c1-3-4-5-6-7-8-9(2,10)11/h3-8H2,1-2H3,(H,10,11). The summed E-state index contributed by atoms with van der Waals surface area (Å²) >= 11 is -3.27. The molecule has 0 amide bonds. The van der Waals surface area contributed by atoms with Crippen LogP contribution in [0.15, 0.2) is 0 Å². The SMILES string of the molecule is CCCCCCC[As](C)(=O)O. The second-order valence-corrected chi connectivity index (χ2v) is 8.54. The third-order valence-electron chi connectivity index (χ3n) is 1.68. The molecule has 0 rings (SSSR count). The van der Waals surface area contributed by atoms with E-state index in [0.29, 0.717) is 5.21 Å². The molecule has 0 fully saturated rings. The van der Waals surface area contributed by atoms with Gasteiger partial charge in [-0.25, -0.2) is 0 Å². The quantitative estimate of drug-likeness (QED) is 0.553. The van der Waals surface area contributed by atoms with Crippen molar-refractivity contribution in [3.05, 3.63) is 0 Å². The van der Waals surface area contributed by atoms with E-state index < -0.39 is 13.8 Å².